The van der Waals surface area contributed by atoms with Crippen molar-refractivity contribution in [3.63, 3.8) is 0 Å². The highest BCUT2D eigenvalue weighted by atomic mass is 35.5. The number of amides is 2. The number of nitrogens with zero attached hydrogens (tertiary/aromatic N) is 1. The fourth-order valence-corrected chi connectivity index (χ4v) is 3.40. The Morgan fingerprint density at radius 1 is 1.00 bits per heavy atom. The Bertz CT molecular complexity index is 927. The lowest BCUT2D eigenvalue weighted by atomic mass is 9.86. The van der Waals surface area contributed by atoms with Crippen LogP contribution in [0.2, 0.25) is 5.02 Å². The van der Waals surface area contributed by atoms with E-state index in [-0.39, 0.29) is 30.4 Å². The van der Waals surface area contributed by atoms with E-state index < -0.39 is 11.6 Å². The van der Waals surface area contributed by atoms with Crippen LogP contribution in [-0.2, 0) is 21.5 Å². The van der Waals surface area contributed by atoms with Gasteiger partial charge in [-0.1, -0.05) is 62.7 Å². The average Bonchev–Trinajstić information content (AvgIpc) is 2.69. The van der Waals surface area contributed by atoms with Gasteiger partial charge >= 0.3 is 0 Å². The molecule has 0 saturated heterocycles. The number of benzene rings is 2. The van der Waals surface area contributed by atoms with Gasteiger partial charge in [0.2, 0.25) is 5.91 Å². The molecule has 0 fully saturated rings. The fraction of sp³-hybridized carbons (Fsp3) is 0.462. The SMILES string of the molecule is C[C@@H](C(=O)NC(C)(C)C)N(Cc1ccc(Cl)cc1)C(=O)COc1ccccc1C(C)(C)C. The molecule has 174 valence electrons. The average molecular weight is 459 g/mol. The van der Waals surface area contributed by atoms with Crippen molar-refractivity contribution in [2.45, 2.75) is 72.0 Å². The Morgan fingerprint density at radius 3 is 2.16 bits per heavy atom. The smallest absolute Gasteiger partial charge is 0.261 e. The first kappa shape index (κ1) is 25.7. The first-order valence-electron chi connectivity index (χ1n) is 10.9. The highest BCUT2D eigenvalue weighted by molar-refractivity contribution is 6.30. The third kappa shape index (κ3) is 7.56. The summed E-state index contributed by atoms with van der Waals surface area (Å²) in [5.74, 6) is 0.196. The summed E-state index contributed by atoms with van der Waals surface area (Å²) in [6, 6.07) is 14.3. The molecular formula is C26H35ClN2O3. The Balaban J connectivity index is 2.23. The molecule has 2 aromatic rings. The molecule has 32 heavy (non-hydrogen) atoms. The van der Waals surface area contributed by atoms with E-state index in [1.165, 1.54) is 0 Å². The molecule has 1 N–H and O–H groups in total. The number of para-hydroxylation sites is 1. The van der Waals surface area contributed by atoms with Crippen LogP contribution in [0.3, 0.4) is 0 Å². The molecule has 0 unspecified atom stereocenters. The quantitative estimate of drug-likeness (QED) is 0.608. The molecule has 6 heteroatoms. The summed E-state index contributed by atoms with van der Waals surface area (Å²) in [5.41, 5.74) is 1.38. The zero-order chi connectivity index (χ0) is 24.1. The second kappa shape index (κ2) is 10.4. The summed E-state index contributed by atoms with van der Waals surface area (Å²) in [6.07, 6.45) is 0. The van der Waals surface area contributed by atoms with E-state index in [0.717, 1.165) is 11.1 Å². The van der Waals surface area contributed by atoms with Gasteiger partial charge in [0.25, 0.3) is 5.91 Å². The molecule has 0 aliphatic heterocycles. The maximum atomic E-state index is 13.3. The van der Waals surface area contributed by atoms with Crippen LogP contribution < -0.4 is 10.1 Å². The van der Waals surface area contributed by atoms with Crippen molar-refractivity contribution in [2.24, 2.45) is 0 Å². The molecule has 1 atom stereocenters. The molecule has 0 heterocycles. The Hall–Kier alpha value is -2.53. The lowest BCUT2D eigenvalue weighted by molar-refractivity contribution is -0.142. The number of carbonyl (C=O) groups is 2. The predicted octanol–water partition coefficient (Wildman–Crippen LogP) is 5.35. The minimum Gasteiger partial charge on any atom is -0.483 e. The van der Waals surface area contributed by atoms with Crippen LogP contribution in [-0.4, -0.2) is 34.9 Å². The summed E-state index contributed by atoms with van der Waals surface area (Å²) in [6.45, 7) is 13.9. The number of hydrogen-bond acceptors (Lipinski definition) is 3. The van der Waals surface area contributed by atoms with Crippen LogP contribution in [0.5, 0.6) is 5.75 Å². The second-order valence-electron chi connectivity index (χ2n) is 10.1. The van der Waals surface area contributed by atoms with Crippen molar-refractivity contribution in [1.29, 1.82) is 0 Å². The van der Waals surface area contributed by atoms with Gasteiger partial charge in [-0.2, -0.15) is 0 Å². The summed E-state index contributed by atoms with van der Waals surface area (Å²) in [4.78, 5) is 27.6. The molecule has 2 aromatic carbocycles. The Labute approximate surface area is 197 Å². The van der Waals surface area contributed by atoms with Crippen molar-refractivity contribution in [2.75, 3.05) is 6.61 Å². The first-order chi connectivity index (χ1) is 14.8. The Kier molecular flexibility index (Phi) is 8.35. The number of carbonyl (C=O) groups excluding carboxylic acids is 2. The number of nitrogens with one attached hydrogen (secondary N) is 1. The molecular weight excluding hydrogens is 424 g/mol. The van der Waals surface area contributed by atoms with Gasteiger partial charge in [-0.3, -0.25) is 9.59 Å². The van der Waals surface area contributed by atoms with Crippen LogP contribution in [0.15, 0.2) is 48.5 Å². The molecule has 5 nitrogen and oxygen atoms in total. The summed E-state index contributed by atoms with van der Waals surface area (Å²) in [5, 5.41) is 3.58. The first-order valence-corrected chi connectivity index (χ1v) is 11.2. The normalized spacial score (nSPS) is 12.8. The third-order valence-corrected chi connectivity index (χ3v) is 5.23. The van der Waals surface area contributed by atoms with Crippen molar-refractivity contribution >= 4 is 23.4 Å². The van der Waals surface area contributed by atoms with Gasteiger partial charge in [-0.25, -0.2) is 0 Å². The molecule has 2 rings (SSSR count). The Morgan fingerprint density at radius 2 is 1.59 bits per heavy atom. The van der Waals surface area contributed by atoms with E-state index >= 15 is 0 Å². The van der Waals surface area contributed by atoms with E-state index in [0.29, 0.717) is 10.8 Å². The van der Waals surface area contributed by atoms with E-state index in [2.05, 4.69) is 26.1 Å². The van der Waals surface area contributed by atoms with E-state index in [1.54, 1.807) is 24.0 Å². The molecule has 0 bridgehead atoms. The molecule has 0 saturated carbocycles. The van der Waals surface area contributed by atoms with E-state index in [9.17, 15) is 9.59 Å². The second-order valence-corrected chi connectivity index (χ2v) is 10.5. The number of hydrogen-bond donors (Lipinski definition) is 1. The molecule has 0 spiro atoms. The third-order valence-electron chi connectivity index (χ3n) is 4.98. The molecule has 0 radical (unpaired) electrons. The van der Waals surface area contributed by atoms with Crippen molar-refractivity contribution in [3.05, 3.63) is 64.7 Å². The standard InChI is InChI=1S/C26H35ClN2O3/c1-18(24(31)28-26(5,6)7)29(16-19-12-14-20(27)15-13-19)23(30)17-32-22-11-9-8-10-21(22)25(2,3)4/h8-15,18H,16-17H2,1-7H3,(H,28,31)/t18-/m0/s1. The summed E-state index contributed by atoms with van der Waals surface area (Å²) >= 11 is 6.00. The zero-order valence-corrected chi connectivity index (χ0v) is 20.9. The van der Waals surface area contributed by atoms with Gasteiger partial charge < -0.3 is 15.0 Å². The van der Waals surface area contributed by atoms with Crippen LogP contribution in [0.25, 0.3) is 0 Å². The number of rotatable bonds is 7. The molecule has 0 aliphatic rings. The van der Waals surface area contributed by atoms with Crippen molar-refractivity contribution < 1.29 is 14.3 Å². The largest absolute Gasteiger partial charge is 0.483 e. The van der Waals surface area contributed by atoms with Crippen molar-refractivity contribution in [1.82, 2.24) is 10.2 Å². The van der Waals surface area contributed by atoms with Crippen molar-refractivity contribution in [3.8, 4) is 5.75 Å². The van der Waals surface area contributed by atoms with Crippen LogP contribution in [0.1, 0.15) is 59.6 Å². The highest BCUT2D eigenvalue weighted by Crippen LogP contribution is 2.31. The molecule has 0 aliphatic carbocycles. The van der Waals surface area contributed by atoms with Gasteiger partial charge in [-0.15, -0.1) is 0 Å². The number of ether oxygens (including phenoxy) is 1. The highest BCUT2D eigenvalue weighted by Gasteiger charge is 2.29. The monoisotopic (exact) mass is 458 g/mol. The summed E-state index contributed by atoms with van der Waals surface area (Å²) < 4.78 is 5.95. The lowest BCUT2D eigenvalue weighted by Gasteiger charge is -2.31. The maximum absolute atomic E-state index is 13.3. The van der Waals surface area contributed by atoms with Gasteiger partial charge in [0, 0.05) is 17.1 Å². The van der Waals surface area contributed by atoms with Gasteiger partial charge in [0.15, 0.2) is 6.61 Å². The predicted molar refractivity (Wildman–Crippen MR) is 130 cm³/mol. The topological polar surface area (TPSA) is 58.6 Å². The van der Waals surface area contributed by atoms with E-state index in [1.807, 2.05) is 57.2 Å². The fourth-order valence-electron chi connectivity index (χ4n) is 3.28. The van der Waals surface area contributed by atoms with Crippen LogP contribution in [0, 0.1) is 0 Å². The van der Waals surface area contributed by atoms with Gasteiger partial charge in [0.05, 0.1) is 0 Å². The van der Waals surface area contributed by atoms with Gasteiger partial charge in [0.1, 0.15) is 11.8 Å². The summed E-state index contributed by atoms with van der Waals surface area (Å²) in [7, 11) is 0. The van der Waals surface area contributed by atoms with Crippen LogP contribution >= 0.6 is 11.6 Å². The zero-order valence-electron chi connectivity index (χ0n) is 20.2. The van der Waals surface area contributed by atoms with E-state index in [4.69, 9.17) is 16.3 Å². The van der Waals surface area contributed by atoms with Crippen LogP contribution in [0.4, 0.5) is 0 Å². The molecule has 0 aromatic heterocycles. The van der Waals surface area contributed by atoms with Gasteiger partial charge in [-0.05, 0) is 62.4 Å². The minimum atomic E-state index is -0.668. The maximum Gasteiger partial charge on any atom is 0.261 e. The number of halogens is 1. The minimum absolute atomic E-state index is 0.122. The lowest BCUT2D eigenvalue weighted by Crippen LogP contribution is -2.53. The molecule has 2 amide bonds.